The maximum absolute atomic E-state index is 5.61. The Labute approximate surface area is 96.0 Å². The van der Waals surface area contributed by atoms with Gasteiger partial charge in [0.25, 0.3) is 0 Å². The molecule has 0 fully saturated rings. The number of nitrogens with two attached hydrogens (primary N) is 1. The van der Waals surface area contributed by atoms with Crippen LogP contribution in [0.3, 0.4) is 0 Å². The second kappa shape index (κ2) is 6.12. The van der Waals surface area contributed by atoms with Crippen molar-refractivity contribution in [2.24, 2.45) is 5.16 Å². The average molecular weight is 222 g/mol. The largest absolute Gasteiger partial charge is 0.399 e. The molecule has 0 aliphatic heterocycles. The van der Waals surface area contributed by atoms with E-state index in [1.54, 1.807) is 13.3 Å². The van der Waals surface area contributed by atoms with Crippen LogP contribution in [0.15, 0.2) is 29.4 Å². The Hall–Kier alpha value is -1.55. The van der Waals surface area contributed by atoms with E-state index in [9.17, 15) is 0 Å². The molecule has 0 saturated carbocycles. The van der Waals surface area contributed by atoms with Crippen LogP contribution in [-0.4, -0.2) is 19.4 Å². The number of benzene rings is 1. The minimum Gasteiger partial charge on any atom is -0.399 e. The Morgan fingerprint density at radius 3 is 2.38 bits per heavy atom. The van der Waals surface area contributed by atoms with E-state index in [-0.39, 0.29) is 12.2 Å². The monoisotopic (exact) mass is 222 g/mol. The molecule has 0 bridgehead atoms. The third kappa shape index (κ3) is 3.90. The minimum atomic E-state index is -0.209. The number of ether oxygens (including phenoxy) is 1. The molecule has 1 atom stereocenters. The number of hydrogen-bond donors (Lipinski definition) is 1. The fraction of sp³-hybridized carbons (Fsp3) is 0.417. The number of hydrogen-bond acceptors (Lipinski definition) is 4. The molecule has 0 amide bonds. The van der Waals surface area contributed by atoms with Crippen molar-refractivity contribution in [2.75, 3.05) is 12.8 Å². The van der Waals surface area contributed by atoms with Gasteiger partial charge in [-0.2, -0.15) is 0 Å². The van der Waals surface area contributed by atoms with Gasteiger partial charge in [-0.1, -0.05) is 17.3 Å². The lowest BCUT2D eigenvalue weighted by atomic mass is 10.1. The third-order valence-corrected chi connectivity index (χ3v) is 1.99. The highest BCUT2D eigenvalue weighted by Gasteiger charge is 2.07. The van der Waals surface area contributed by atoms with Gasteiger partial charge in [-0.05, 0) is 31.5 Å². The summed E-state index contributed by atoms with van der Waals surface area (Å²) in [4.78, 5) is 5.08. The molecule has 2 N–H and O–H groups in total. The highest BCUT2D eigenvalue weighted by atomic mass is 16.6. The van der Waals surface area contributed by atoms with E-state index in [0.717, 1.165) is 11.3 Å². The van der Waals surface area contributed by atoms with E-state index in [0.29, 0.717) is 0 Å². The van der Waals surface area contributed by atoms with Crippen molar-refractivity contribution in [2.45, 2.75) is 26.1 Å². The fourth-order valence-corrected chi connectivity index (χ4v) is 1.18. The van der Waals surface area contributed by atoms with Crippen LogP contribution in [0.4, 0.5) is 5.69 Å². The Morgan fingerprint density at radius 1 is 1.25 bits per heavy atom. The predicted molar refractivity (Wildman–Crippen MR) is 65.3 cm³/mol. The maximum Gasteiger partial charge on any atom is 0.122 e. The fourth-order valence-electron chi connectivity index (χ4n) is 1.18. The van der Waals surface area contributed by atoms with E-state index in [1.165, 1.54) is 0 Å². The van der Waals surface area contributed by atoms with Crippen LogP contribution in [0.25, 0.3) is 0 Å². The zero-order valence-corrected chi connectivity index (χ0v) is 9.88. The molecule has 0 spiro atoms. The molecule has 1 aromatic carbocycles. The second-order valence-electron chi connectivity index (χ2n) is 3.73. The molecule has 0 radical (unpaired) electrons. The Kier molecular flexibility index (Phi) is 4.79. The normalized spacial score (nSPS) is 13.2. The van der Waals surface area contributed by atoms with Gasteiger partial charge in [0.05, 0.1) is 6.21 Å². The molecular formula is C12H18N2O2. The van der Waals surface area contributed by atoms with Crippen LogP contribution in [-0.2, 0) is 9.57 Å². The van der Waals surface area contributed by atoms with E-state index in [4.69, 9.17) is 15.3 Å². The smallest absolute Gasteiger partial charge is 0.122 e. The molecule has 1 unspecified atom stereocenters. The molecule has 0 heterocycles. The van der Waals surface area contributed by atoms with Gasteiger partial charge in [-0.25, -0.2) is 0 Å². The van der Waals surface area contributed by atoms with Gasteiger partial charge in [-0.15, -0.1) is 0 Å². The van der Waals surface area contributed by atoms with Crippen molar-refractivity contribution < 1.29 is 9.57 Å². The lowest BCUT2D eigenvalue weighted by Gasteiger charge is -2.11. The van der Waals surface area contributed by atoms with Crippen molar-refractivity contribution in [3.05, 3.63) is 29.8 Å². The van der Waals surface area contributed by atoms with Crippen molar-refractivity contribution in [1.29, 1.82) is 0 Å². The van der Waals surface area contributed by atoms with E-state index >= 15 is 0 Å². The first-order chi connectivity index (χ1) is 7.63. The second-order valence-corrected chi connectivity index (χ2v) is 3.73. The van der Waals surface area contributed by atoms with Crippen LogP contribution in [0, 0.1) is 0 Å². The first-order valence-corrected chi connectivity index (χ1v) is 5.21. The molecule has 0 aromatic heterocycles. The molecule has 0 saturated heterocycles. The van der Waals surface area contributed by atoms with Gasteiger partial charge in [0.15, 0.2) is 0 Å². The summed E-state index contributed by atoms with van der Waals surface area (Å²) in [6, 6.07) is 7.48. The zero-order chi connectivity index (χ0) is 12.0. The highest BCUT2D eigenvalue weighted by molar-refractivity contribution is 5.65. The van der Waals surface area contributed by atoms with Crippen LogP contribution >= 0.6 is 0 Å². The molecule has 88 valence electrons. The first kappa shape index (κ1) is 12.5. The van der Waals surface area contributed by atoms with Gasteiger partial charge in [0.2, 0.25) is 0 Å². The Bertz CT molecular complexity index is 333. The molecule has 1 aromatic rings. The van der Waals surface area contributed by atoms with Crippen molar-refractivity contribution in [3.8, 4) is 0 Å². The highest BCUT2D eigenvalue weighted by Crippen LogP contribution is 2.16. The zero-order valence-electron chi connectivity index (χ0n) is 9.88. The van der Waals surface area contributed by atoms with Gasteiger partial charge in [0, 0.05) is 12.8 Å². The molecule has 0 aliphatic carbocycles. The summed E-state index contributed by atoms with van der Waals surface area (Å²) in [6.07, 6.45) is 1.49. The number of rotatable bonds is 5. The number of anilines is 1. The van der Waals surface area contributed by atoms with E-state index < -0.39 is 0 Å². The number of nitrogen functional groups attached to an aromatic ring is 1. The summed E-state index contributed by atoms with van der Waals surface area (Å²) in [6.45, 7) is 3.84. The summed E-state index contributed by atoms with van der Waals surface area (Å²) >= 11 is 0. The lowest BCUT2D eigenvalue weighted by Crippen LogP contribution is -2.05. The van der Waals surface area contributed by atoms with Crippen LogP contribution in [0.1, 0.15) is 25.5 Å². The summed E-state index contributed by atoms with van der Waals surface area (Å²) in [5, 5.41) is 3.86. The lowest BCUT2D eigenvalue weighted by molar-refractivity contribution is 0.0814. The molecule has 0 aliphatic rings. The van der Waals surface area contributed by atoms with E-state index in [2.05, 4.69) is 5.16 Å². The number of methoxy groups -OCH3 is 1. The van der Waals surface area contributed by atoms with Crippen LogP contribution in [0.5, 0.6) is 0 Å². The Balaban J connectivity index is 2.67. The number of nitrogens with zero attached hydrogens (tertiary/aromatic N) is 1. The van der Waals surface area contributed by atoms with Gasteiger partial charge >= 0.3 is 0 Å². The van der Waals surface area contributed by atoms with Gasteiger partial charge in [-0.3, -0.25) is 0 Å². The van der Waals surface area contributed by atoms with E-state index in [1.807, 2.05) is 38.1 Å². The average Bonchev–Trinajstić information content (AvgIpc) is 2.26. The van der Waals surface area contributed by atoms with Gasteiger partial charge < -0.3 is 15.3 Å². The summed E-state index contributed by atoms with van der Waals surface area (Å²) in [5.74, 6) is 0. The Morgan fingerprint density at radius 2 is 1.88 bits per heavy atom. The van der Waals surface area contributed by atoms with Gasteiger partial charge in [0.1, 0.15) is 12.2 Å². The molecule has 4 heteroatoms. The standard InChI is InChI=1S/C12H18N2O2/c1-9(2)16-14-8-12(15-3)10-4-6-11(13)7-5-10/h4-9,12H,13H2,1-3H3. The molecule has 16 heavy (non-hydrogen) atoms. The topological polar surface area (TPSA) is 56.8 Å². The SMILES string of the molecule is COC(C=NOC(C)C)c1ccc(N)cc1. The van der Waals surface area contributed by atoms with Crippen LogP contribution < -0.4 is 5.73 Å². The summed E-state index contributed by atoms with van der Waals surface area (Å²) in [5.41, 5.74) is 7.33. The maximum atomic E-state index is 5.61. The number of oxime groups is 1. The molecule has 1 rings (SSSR count). The van der Waals surface area contributed by atoms with Crippen molar-refractivity contribution >= 4 is 11.9 Å². The quantitative estimate of drug-likeness (QED) is 0.472. The molecular weight excluding hydrogens is 204 g/mol. The van der Waals surface area contributed by atoms with Crippen molar-refractivity contribution in [3.63, 3.8) is 0 Å². The minimum absolute atomic E-state index is 0.0696. The summed E-state index contributed by atoms with van der Waals surface area (Å²) in [7, 11) is 1.63. The van der Waals surface area contributed by atoms with Crippen LogP contribution in [0.2, 0.25) is 0 Å². The predicted octanol–water partition coefficient (Wildman–Crippen LogP) is 2.37. The third-order valence-electron chi connectivity index (χ3n) is 1.99. The van der Waals surface area contributed by atoms with Crippen molar-refractivity contribution in [1.82, 2.24) is 0 Å². The first-order valence-electron chi connectivity index (χ1n) is 5.21. The molecule has 4 nitrogen and oxygen atoms in total. The summed E-state index contributed by atoms with van der Waals surface area (Å²) < 4.78 is 5.29.